The highest BCUT2D eigenvalue weighted by atomic mass is 16.7. The number of carbonyl (C=O) groups excluding carboxylic acids is 1. The highest BCUT2D eigenvalue weighted by Crippen LogP contribution is 2.32. The molecule has 0 radical (unpaired) electrons. The van der Waals surface area contributed by atoms with Crippen LogP contribution in [-0.4, -0.2) is 43.4 Å². The Balaban J connectivity index is 1.46. The lowest BCUT2D eigenvalue weighted by Gasteiger charge is -2.12. The summed E-state index contributed by atoms with van der Waals surface area (Å²) in [6.07, 6.45) is 0. The lowest BCUT2D eigenvalue weighted by molar-refractivity contribution is 0.0954. The van der Waals surface area contributed by atoms with E-state index in [9.17, 15) is 9.90 Å². The Labute approximate surface area is 163 Å². The zero-order chi connectivity index (χ0) is 19.8. The molecule has 0 bridgehead atoms. The summed E-state index contributed by atoms with van der Waals surface area (Å²) in [6.45, 7) is 4.43. The zero-order valence-electron chi connectivity index (χ0n) is 15.7. The third-order valence-corrected chi connectivity index (χ3v) is 4.03. The Morgan fingerprint density at radius 2 is 1.79 bits per heavy atom. The molecule has 1 aliphatic heterocycles. The topological polar surface area (TPSA) is 104 Å². The van der Waals surface area contributed by atoms with Crippen molar-refractivity contribution in [1.29, 1.82) is 0 Å². The molecule has 4 N–H and O–H groups in total. The van der Waals surface area contributed by atoms with E-state index in [0.717, 1.165) is 23.6 Å². The number of rotatable bonds is 7. The number of guanidine groups is 1. The predicted octanol–water partition coefficient (Wildman–Crippen LogP) is 1.61. The summed E-state index contributed by atoms with van der Waals surface area (Å²) in [5.74, 6) is 2.10. The first kappa shape index (κ1) is 19.3. The van der Waals surface area contributed by atoms with Crippen molar-refractivity contribution in [3.8, 4) is 17.2 Å². The van der Waals surface area contributed by atoms with Gasteiger partial charge in [-0.3, -0.25) is 4.79 Å². The van der Waals surface area contributed by atoms with Crippen LogP contribution < -0.4 is 25.4 Å². The number of hydrogen-bond donors (Lipinski definition) is 4. The van der Waals surface area contributed by atoms with Crippen molar-refractivity contribution in [3.63, 3.8) is 0 Å². The van der Waals surface area contributed by atoms with Crippen LogP contribution >= 0.6 is 0 Å². The quantitative estimate of drug-likeness (QED) is 0.328. The van der Waals surface area contributed by atoms with Gasteiger partial charge in [-0.05, 0) is 48.9 Å². The number of nitrogens with zero attached hydrogens (tertiary/aromatic N) is 1. The number of benzene rings is 2. The molecule has 8 nitrogen and oxygen atoms in total. The number of nitrogens with one attached hydrogen (secondary N) is 3. The second-order valence-corrected chi connectivity index (χ2v) is 6.11. The van der Waals surface area contributed by atoms with Crippen LogP contribution in [0.4, 0.5) is 0 Å². The number of carbonyl (C=O) groups is 1. The molecule has 2 aromatic rings. The predicted molar refractivity (Wildman–Crippen MR) is 106 cm³/mol. The van der Waals surface area contributed by atoms with Gasteiger partial charge in [0.2, 0.25) is 6.79 Å². The fourth-order valence-corrected chi connectivity index (χ4v) is 2.62. The Bertz CT molecular complexity index is 837. The molecular formula is C20H24N4O4. The van der Waals surface area contributed by atoms with E-state index in [4.69, 9.17) is 9.47 Å². The van der Waals surface area contributed by atoms with Crippen LogP contribution in [0.2, 0.25) is 0 Å². The van der Waals surface area contributed by atoms with Crippen LogP contribution in [0.1, 0.15) is 22.8 Å². The van der Waals surface area contributed by atoms with Gasteiger partial charge in [0, 0.05) is 25.2 Å². The standard InChI is InChI=1S/C20H24N4O4/c1-2-21-20(24-12-14-3-8-17-18(11-14)28-13-27-17)23-10-9-22-19(26)15-4-6-16(25)7-5-15/h3-8,11,25H,2,9-10,12-13H2,1H3,(H,22,26)(H2,21,23,24). The van der Waals surface area contributed by atoms with Gasteiger partial charge in [0.15, 0.2) is 17.5 Å². The number of aliphatic imine (C=N–C) groups is 1. The molecule has 0 aliphatic carbocycles. The molecule has 0 aromatic heterocycles. The molecule has 0 atom stereocenters. The second kappa shape index (κ2) is 9.50. The summed E-state index contributed by atoms with van der Waals surface area (Å²) in [7, 11) is 0. The average molecular weight is 384 g/mol. The third kappa shape index (κ3) is 5.29. The highest BCUT2D eigenvalue weighted by molar-refractivity contribution is 5.94. The molecule has 0 spiro atoms. The van der Waals surface area contributed by atoms with E-state index < -0.39 is 0 Å². The number of phenols is 1. The molecule has 2 aromatic carbocycles. The molecule has 0 saturated carbocycles. The number of hydrogen-bond acceptors (Lipinski definition) is 5. The first-order chi connectivity index (χ1) is 13.7. The van der Waals surface area contributed by atoms with E-state index in [1.165, 1.54) is 12.1 Å². The number of amides is 1. The maximum Gasteiger partial charge on any atom is 0.251 e. The highest BCUT2D eigenvalue weighted by Gasteiger charge is 2.13. The largest absolute Gasteiger partial charge is 0.508 e. The smallest absolute Gasteiger partial charge is 0.251 e. The fraction of sp³-hybridized carbons (Fsp3) is 0.300. The SMILES string of the molecule is CCNC(=NCc1ccc2c(c1)OCO2)NCCNC(=O)c1ccc(O)cc1. The molecule has 1 aliphatic rings. The maximum atomic E-state index is 12.0. The normalized spacial score (nSPS) is 12.5. The third-order valence-electron chi connectivity index (χ3n) is 4.03. The number of fused-ring (bicyclic) bond motifs is 1. The molecule has 3 rings (SSSR count). The maximum absolute atomic E-state index is 12.0. The van der Waals surface area contributed by atoms with Gasteiger partial charge < -0.3 is 30.5 Å². The number of phenolic OH excluding ortho intramolecular Hbond substituents is 1. The Morgan fingerprint density at radius 3 is 2.57 bits per heavy atom. The van der Waals surface area contributed by atoms with Gasteiger partial charge in [0.05, 0.1) is 6.54 Å². The van der Waals surface area contributed by atoms with Gasteiger partial charge in [-0.2, -0.15) is 0 Å². The van der Waals surface area contributed by atoms with E-state index in [-0.39, 0.29) is 18.4 Å². The van der Waals surface area contributed by atoms with Gasteiger partial charge in [-0.15, -0.1) is 0 Å². The van der Waals surface area contributed by atoms with Gasteiger partial charge in [0.1, 0.15) is 5.75 Å². The Kier molecular flexibility index (Phi) is 6.56. The summed E-state index contributed by atoms with van der Waals surface area (Å²) in [4.78, 5) is 16.6. The molecular weight excluding hydrogens is 360 g/mol. The number of ether oxygens (including phenoxy) is 2. The summed E-state index contributed by atoms with van der Waals surface area (Å²) in [5.41, 5.74) is 1.52. The zero-order valence-corrected chi connectivity index (χ0v) is 15.7. The van der Waals surface area contributed by atoms with Gasteiger partial charge in [-0.1, -0.05) is 6.07 Å². The fourth-order valence-electron chi connectivity index (χ4n) is 2.62. The van der Waals surface area contributed by atoms with Crippen LogP contribution in [0.5, 0.6) is 17.2 Å². The van der Waals surface area contributed by atoms with E-state index in [1.54, 1.807) is 12.1 Å². The van der Waals surface area contributed by atoms with Crippen molar-refractivity contribution in [2.24, 2.45) is 4.99 Å². The van der Waals surface area contributed by atoms with E-state index in [0.29, 0.717) is 31.2 Å². The minimum Gasteiger partial charge on any atom is -0.508 e. The molecule has 0 unspecified atom stereocenters. The van der Waals surface area contributed by atoms with Crippen molar-refractivity contribution in [1.82, 2.24) is 16.0 Å². The van der Waals surface area contributed by atoms with E-state index >= 15 is 0 Å². The summed E-state index contributed by atoms with van der Waals surface area (Å²) >= 11 is 0. The molecule has 1 heterocycles. The van der Waals surface area contributed by atoms with Crippen molar-refractivity contribution in [3.05, 3.63) is 53.6 Å². The van der Waals surface area contributed by atoms with Gasteiger partial charge in [-0.25, -0.2) is 4.99 Å². The number of aromatic hydroxyl groups is 1. The Morgan fingerprint density at radius 1 is 1.04 bits per heavy atom. The first-order valence-corrected chi connectivity index (χ1v) is 9.13. The summed E-state index contributed by atoms with van der Waals surface area (Å²) in [5, 5.41) is 18.5. The average Bonchev–Trinajstić information content (AvgIpc) is 3.17. The molecule has 0 fully saturated rings. The van der Waals surface area contributed by atoms with Gasteiger partial charge >= 0.3 is 0 Å². The van der Waals surface area contributed by atoms with Gasteiger partial charge in [0.25, 0.3) is 5.91 Å². The van der Waals surface area contributed by atoms with E-state index in [1.807, 2.05) is 25.1 Å². The lowest BCUT2D eigenvalue weighted by Crippen LogP contribution is -2.41. The molecule has 148 valence electrons. The van der Waals surface area contributed by atoms with Crippen LogP contribution in [0.3, 0.4) is 0 Å². The second-order valence-electron chi connectivity index (χ2n) is 6.11. The lowest BCUT2D eigenvalue weighted by atomic mass is 10.2. The Hall–Kier alpha value is -3.42. The van der Waals surface area contributed by atoms with Crippen LogP contribution in [0, 0.1) is 0 Å². The van der Waals surface area contributed by atoms with Crippen LogP contribution in [-0.2, 0) is 6.54 Å². The molecule has 8 heteroatoms. The van der Waals surface area contributed by atoms with Crippen LogP contribution in [0.25, 0.3) is 0 Å². The van der Waals surface area contributed by atoms with E-state index in [2.05, 4.69) is 20.9 Å². The van der Waals surface area contributed by atoms with Crippen molar-refractivity contribution in [2.75, 3.05) is 26.4 Å². The van der Waals surface area contributed by atoms with Crippen molar-refractivity contribution in [2.45, 2.75) is 13.5 Å². The molecule has 0 saturated heterocycles. The minimum absolute atomic E-state index is 0.132. The molecule has 1 amide bonds. The summed E-state index contributed by atoms with van der Waals surface area (Å²) in [6, 6.07) is 11.9. The van der Waals surface area contributed by atoms with Crippen molar-refractivity contribution >= 4 is 11.9 Å². The van der Waals surface area contributed by atoms with Crippen molar-refractivity contribution < 1.29 is 19.4 Å². The van der Waals surface area contributed by atoms with Crippen LogP contribution in [0.15, 0.2) is 47.5 Å². The summed E-state index contributed by atoms with van der Waals surface area (Å²) < 4.78 is 10.7. The monoisotopic (exact) mass is 384 g/mol. The molecule has 28 heavy (non-hydrogen) atoms. The minimum atomic E-state index is -0.191. The first-order valence-electron chi connectivity index (χ1n) is 9.13.